The SMILES string of the molecule is CCCC1C=Cc2cc(C3=C/C(=C/NC)C(=N)C=C3)c(=O)n(-c3ccc(Cl)cc3)c2N1. The van der Waals surface area contributed by atoms with E-state index >= 15 is 0 Å². The first-order valence-corrected chi connectivity index (χ1v) is 10.8. The zero-order chi connectivity index (χ0) is 22.0. The number of allylic oxidation sites excluding steroid dienone is 5. The van der Waals surface area contributed by atoms with Crippen LogP contribution in [-0.4, -0.2) is 23.4 Å². The van der Waals surface area contributed by atoms with E-state index < -0.39 is 0 Å². The third kappa shape index (κ3) is 4.14. The van der Waals surface area contributed by atoms with Gasteiger partial charge in [-0.2, -0.15) is 0 Å². The first-order chi connectivity index (χ1) is 15.0. The lowest BCUT2D eigenvalue weighted by molar-refractivity contribution is 0.728. The maximum absolute atomic E-state index is 13.7. The quantitative estimate of drug-likeness (QED) is 0.610. The van der Waals surface area contributed by atoms with E-state index in [1.54, 1.807) is 36.0 Å². The molecule has 0 amide bonds. The van der Waals surface area contributed by atoms with Crippen molar-refractivity contribution in [2.75, 3.05) is 12.4 Å². The lowest BCUT2D eigenvalue weighted by Crippen LogP contribution is -2.30. The van der Waals surface area contributed by atoms with Crippen LogP contribution in [0, 0.1) is 5.41 Å². The number of aromatic nitrogens is 1. The molecule has 3 N–H and O–H groups in total. The Labute approximate surface area is 187 Å². The number of halogens is 1. The number of pyridine rings is 1. The van der Waals surface area contributed by atoms with Gasteiger partial charge in [0.15, 0.2) is 0 Å². The molecule has 1 aliphatic carbocycles. The predicted octanol–water partition coefficient (Wildman–Crippen LogP) is 5.17. The van der Waals surface area contributed by atoms with E-state index in [-0.39, 0.29) is 11.6 Å². The summed E-state index contributed by atoms with van der Waals surface area (Å²) in [5.74, 6) is 0.788. The number of fused-ring (bicyclic) bond motifs is 1. The van der Waals surface area contributed by atoms with E-state index in [9.17, 15) is 4.79 Å². The van der Waals surface area contributed by atoms with Gasteiger partial charge in [0.2, 0.25) is 0 Å². The van der Waals surface area contributed by atoms with Crippen molar-refractivity contribution >= 4 is 34.8 Å². The molecule has 31 heavy (non-hydrogen) atoms. The highest BCUT2D eigenvalue weighted by atomic mass is 35.5. The molecule has 1 atom stereocenters. The molecule has 2 heterocycles. The first-order valence-electron chi connectivity index (χ1n) is 10.4. The van der Waals surface area contributed by atoms with E-state index in [2.05, 4.69) is 29.7 Å². The second-order valence-electron chi connectivity index (χ2n) is 7.61. The van der Waals surface area contributed by atoms with Gasteiger partial charge in [-0.25, -0.2) is 0 Å². The van der Waals surface area contributed by atoms with Gasteiger partial charge < -0.3 is 16.0 Å². The van der Waals surface area contributed by atoms with Crippen LogP contribution in [0.25, 0.3) is 17.3 Å². The highest BCUT2D eigenvalue weighted by molar-refractivity contribution is 6.30. The molecule has 5 nitrogen and oxygen atoms in total. The van der Waals surface area contributed by atoms with Gasteiger partial charge in [0, 0.05) is 41.0 Å². The summed E-state index contributed by atoms with van der Waals surface area (Å²) in [5.41, 5.74) is 4.07. The van der Waals surface area contributed by atoms with Gasteiger partial charge in [-0.1, -0.05) is 43.2 Å². The number of benzene rings is 1. The number of anilines is 1. The third-order valence-corrected chi connectivity index (χ3v) is 5.66. The van der Waals surface area contributed by atoms with Crippen LogP contribution in [-0.2, 0) is 0 Å². The topological polar surface area (TPSA) is 69.9 Å². The molecule has 1 aromatic heterocycles. The van der Waals surface area contributed by atoms with Crippen molar-refractivity contribution in [3.63, 3.8) is 0 Å². The number of nitrogens with one attached hydrogen (secondary N) is 3. The molecule has 1 aromatic carbocycles. The van der Waals surface area contributed by atoms with Gasteiger partial charge in [0.25, 0.3) is 5.56 Å². The van der Waals surface area contributed by atoms with Gasteiger partial charge >= 0.3 is 0 Å². The molecule has 2 aliphatic rings. The summed E-state index contributed by atoms with van der Waals surface area (Å²) in [6.45, 7) is 2.15. The second kappa shape index (κ2) is 8.82. The van der Waals surface area contributed by atoms with Crippen LogP contribution in [0.5, 0.6) is 0 Å². The highest BCUT2D eigenvalue weighted by Gasteiger charge is 2.22. The van der Waals surface area contributed by atoms with E-state index in [1.165, 1.54) is 0 Å². The van der Waals surface area contributed by atoms with Gasteiger partial charge in [0.05, 0.1) is 11.4 Å². The Morgan fingerprint density at radius 3 is 2.71 bits per heavy atom. The zero-order valence-electron chi connectivity index (χ0n) is 17.6. The molecule has 6 heteroatoms. The van der Waals surface area contributed by atoms with Crippen LogP contribution in [0.1, 0.15) is 30.9 Å². The molecule has 0 radical (unpaired) electrons. The number of hydrogen-bond donors (Lipinski definition) is 3. The minimum atomic E-state index is -0.118. The fourth-order valence-corrected chi connectivity index (χ4v) is 4.01. The average Bonchev–Trinajstić information content (AvgIpc) is 2.76. The van der Waals surface area contributed by atoms with Crippen molar-refractivity contribution in [1.82, 2.24) is 9.88 Å². The van der Waals surface area contributed by atoms with Gasteiger partial charge in [-0.15, -0.1) is 0 Å². The molecule has 2 aromatic rings. The van der Waals surface area contributed by atoms with Crippen molar-refractivity contribution in [3.05, 3.63) is 92.9 Å². The fourth-order valence-electron chi connectivity index (χ4n) is 3.88. The monoisotopic (exact) mass is 432 g/mol. The van der Waals surface area contributed by atoms with Crippen LogP contribution in [0.3, 0.4) is 0 Å². The minimum absolute atomic E-state index is 0.118. The maximum Gasteiger partial charge on any atom is 0.264 e. The molecule has 0 bridgehead atoms. The van der Waals surface area contributed by atoms with Crippen LogP contribution in [0.15, 0.2) is 71.2 Å². The van der Waals surface area contributed by atoms with E-state index in [4.69, 9.17) is 17.0 Å². The maximum atomic E-state index is 13.7. The lowest BCUT2D eigenvalue weighted by atomic mass is 9.94. The van der Waals surface area contributed by atoms with E-state index in [0.717, 1.165) is 41.1 Å². The van der Waals surface area contributed by atoms with Crippen LogP contribution in [0.4, 0.5) is 5.82 Å². The van der Waals surface area contributed by atoms with E-state index in [1.807, 2.05) is 30.4 Å². The normalized spacial score (nSPS) is 18.5. The van der Waals surface area contributed by atoms with Gasteiger partial charge in [0.1, 0.15) is 5.82 Å². The average molecular weight is 433 g/mol. The first kappa shape index (κ1) is 20.9. The standard InChI is InChI=1S/C25H25ClN4O/c1-3-4-20-9-5-17-14-22(16-6-12-23(27)18(13-16)15-28-2)25(31)30(24(17)29-20)21-10-7-19(26)8-11-21/h5-15,20,27-29H,3-4H2,1-2H3/b18-15-,27-23?. The molecule has 0 fully saturated rings. The molecule has 4 rings (SSSR count). The summed E-state index contributed by atoms with van der Waals surface area (Å²) in [4.78, 5) is 13.7. The fraction of sp³-hybridized carbons (Fsp3) is 0.200. The lowest BCUT2D eigenvalue weighted by Gasteiger charge is -2.26. The smallest absolute Gasteiger partial charge is 0.264 e. The second-order valence-corrected chi connectivity index (χ2v) is 8.05. The summed E-state index contributed by atoms with van der Waals surface area (Å²) >= 11 is 6.09. The molecule has 0 saturated heterocycles. The highest BCUT2D eigenvalue weighted by Crippen LogP contribution is 2.30. The van der Waals surface area contributed by atoms with Gasteiger partial charge in [-0.05, 0) is 54.5 Å². The molecular weight excluding hydrogens is 408 g/mol. The molecule has 0 saturated carbocycles. The molecule has 1 unspecified atom stereocenters. The molecular formula is C25H25ClN4O. The Balaban J connectivity index is 1.93. The summed E-state index contributed by atoms with van der Waals surface area (Å²) in [7, 11) is 1.79. The Morgan fingerprint density at radius 1 is 1.23 bits per heavy atom. The Hall–Kier alpha value is -3.31. The van der Waals surface area contributed by atoms with Crippen molar-refractivity contribution in [1.29, 1.82) is 5.41 Å². The van der Waals surface area contributed by atoms with Crippen molar-refractivity contribution in [2.24, 2.45) is 0 Å². The third-order valence-electron chi connectivity index (χ3n) is 5.41. The van der Waals surface area contributed by atoms with Crippen molar-refractivity contribution in [3.8, 4) is 5.69 Å². The van der Waals surface area contributed by atoms with Crippen LogP contribution < -0.4 is 16.2 Å². The van der Waals surface area contributed by atoms with Crippen molar-refractivity contribution in [2.45, 2.75) is 25.8 Å². The number of rotatable bonds is 5. The summed E-state index contributed by atoms with van der Waals surface area (Å²) in [6.07, 6.45) is 13.4. The van der Waals surface area contributed by atoms with E-state index in [0.29, 0.717) is 16.3 Å². The van der Waals surface area contributed by atoms with Crippen molar-refractivity contribution < 1.29 is 0 Å². The largest absolute Gasteiger partial charge is 0.393 e. The molecule has 1 aliphatic heterocycles. The van der Waals surface area contributed by atoms with Crippen LogP contribution >= 0.6 is 11.6 Å². The number of nitrogens with zero attached hydrogens (tertiary/aromatic N) is 1. The number of hydrogen-bond acceptors (Lipinski definition) is 4. The summed E-state index contributed by atoms with van der Waals surface area (Å²) < 4.78 is 1.73. The Kier molecular flexibility index (Phi) is 5.96. The van der Waals surface area contributed by atoms with Crippen LogP contribution in [0.2, 0.25) is 5.02 Å². The predicted molar refractivity (Wildman–Crippen MR) is 130 cm³/mol. The van der Waals surface area contributed by atoms with Gasteiger partial charge in [-0.3, -0.25) is 9.36 Å². The minimum Gasteiger partial charge on any atom is -0.393 e. The Bertz CT molecular complexity index is 1200. The summed E-state index contributed by atoms with van der Waals surface area (Å²) in [5, 5.41) is 15.2. The zero-order valence-corrected chi connectivity index (χ0v) is 18.3. The Morgan fingerprint density at radius 2 is 2.00 bits per heavy atom. The molecule has 158 valence electrons. The summed E-state index contributed by atoms with van der Waals surface area (Å²) in [6, 6.07) is 9.41. The molecule has 0 spiro atoms.